The van der Waals surface area contributed by atoms with Gasteiger partial charge in [0.2, 0.25) is 5.91 Å². The number of carbonyl (C=O) groups is 2. The molecule has 198 valence electrons. The van der Waals surface area contributed by atoms with E-state index in [0.29, 0.717) is 44.9 Å². The quantitative estimate of drug-likeness (QED) is 0.479. The summed E-state index contributed by atoms with van der Waals surface area (Å²) in [6.07, 6.45) is 1.88. The van der Waals surface area contributed by atoms with Crippen molar-refractivity contribution in [2.75, 3.05) is 50.8 Å². The van der Waals surface area contributed by atoms with E-state index in [9.17, 15) is 9.59 Å². The minimum atomic E-state index is -0.116. The number of aromatic nitrogens is 2. The number of piperazine rings is 1. The van der Waals surface area contributed by atoms with Gasteiger partial charge in [-0.15, -0.1) is 10.2 Å². The van der Waals surface area contributed by atoms with Crippen molar-refractivity contribution in [1.29, 1.82) is 0 Å². The SMILES string of the molecule is Cc1ccc(-c2ccc(N3CCN(C(=O)CN(C[C@H]4CCCO4)C(=O)c4ccccc4C)CC3)nn2)cc1. The molecule has 2 saturated heterocycles. The number of amides is 2. The molecule has 0 N–H and O–H groups in total. The standard InChI is InChI=1S/C30H35N5O3/c1-22-9-11-24(12-10-22)27-13-14-28(32-31-27)33-15-17-34(18-16-33)29(36)21-35(20-25-7-5-19-38-25)30(37)26-8-4-3-6-23(26)2/h3-4,6,8-14,25H,5,7,15-21H2,1-2H3/t25-/m1/s1. The Balaban J connectivity index is 1.20. The Morgan fingerprint density at radius 2 is 1.71 bits per heavy atom. The van der Waals surface area contributed by atoms with Crippen LogP contribution in [0, 0.1) is 13.8 Å². The number of rotatable bonds is 7. The molecule has 5 rings (SSSR count). The summed E-state index contributed by atoms with van der Waals surface area (Å²) in [7, 11) is 0. The molecule has 1 aromatic heterocycles. The molecular formula is C30H35N5O3. The molecule has 2 amide bonds. The zero-order valence-electron chi connectivity index (χ0n) is 22.2. The van der Waals surface area contributed by atoms with Crippen LogP contribution in [0.15, 0.2) is 60.7 Å². The lowest BCUT2D eigenvalue weighted by Gasteiger charge is -2.36. The fraction of sp³-hybridized carbons (Fsp3) is 0.400. The second-order valence-electron chi connectivity index (χ2n) is 10.1. The first-order valence-corrected chi connectivity index (χ1v) is 13.4. The van der Waals surface area contributed by atoms with E-state index in [1.165, 1.54) is 5.56 Å². The Morgan fingerprint density at radius 3 is 2.37 bits per heavy atom. The van der Waals surface area contributed by atoms with Crippen LogP contribution in [-0.4, -0.2) is 83.8 Å². The molecule has 0 unspecified atom stereocenters. The van der Waals surface area contributed by atoms with Crippen molar-refractivity contribution in [2.24, 2.45) is 0 Å². The molecule has 0 saturated carbocycles. The van der Waals surface area contributed by atoms with Crippen molar-refractivity contribution in [2.45, 2.75) is 32.8 Å². The molecule has 8 nitrogen and oxygen atoms in total. The van der Waals surface area contributed by atoms with Crippen LogP contribution < -0.4 is 4.90 Å². The Bertz CT molecular complexity index is 1250. The summed E-state index contributed by atoms with van der Waals surface area (Å²) in [5.74, 6) is 0.655. The third-order valence-electron chi connectivity index (χ3n) is 7.39. The molecule has 0 bridgehead atoms. The normalized spacial score (nSPS) is 17.5. The molecule has 2 fully saturated rings. The zero-order valence-corrected chi connectivity index (χ0v) is 22.2. The molecule has 0 radical (unpaired) electrons. The lowest BCUT2D eigenvalue weighted by molar-refractivity contribution is -0.132. The average Bonchev–Trinajstić information content (AvgIpc) is 3.46. The van der Waals surface area contributed by atoms with Gasteiger partial charge in [0.1, 0.15) is 6.54 Å². The Morgan fingerprint density at radius 1 is 0.947 bits per heavy atom. The smallest absolute Gasteiger partial charge is 0.254 e. The molecule has 3 heterocycles. The number of benzene rings is 2. The van der Waals surface area contributed by atoms with Gasteiger partial charge in [0.25, 0.3) is 5.91 Å². The number of nitrogens with zero attached hydrogens (tertiary/aromatic N) is 5. The molecule has 38 heavy (non-hydrogen) atoms. The van der Waals surface area contributed by atoms with Gasteiger partial charge in [0.05, 0.1) is 11.8 Å². The molecule has 2 aliphatic heterocycles. The van der Waals surface area contributed by atoms with Crippen LogP contribution in [0.4, 0.5) is 5.82 Å². The highest BCUT2D eigenvalue weighted by molar-refractivity contribution is 5.97. The van der Waals surface area contributed by atoms with Crippen LogP contribution in [-0.2, 0) is 9.53 Å². The monoisotopic (exact) mass is 513 g/mol. The van der Waals surface area contributed by atoms with Crippen LogP contribution in [0.3, 0.4) is 0 Å². The zero-order chi connectivity index (χ0) is 26.5. The fourth-order valence-electron chi connectivity index (χ4n) is 5.06. The van der Waals surface area contributed by atoms with Crippen LogP contribution in [0.1, 0.15) is 34.3 Å². The van der Waals surface area contributed by atoms with Crippen molar-refractivity contribution in [3.63, 3.8) is 0 Å². The highest BCUT2D eigenvalue weighted by Gasteiger charge is 2.29. The van der Waals surface area contributed by atoms with Gasteiger partial charge >= 0.3 is 0 Å². The van der Waals surface area contributed by atoms with E-state index in [1.807, 2.05) is 48.2 Å². The van der Waals surface area contributed by atoms with Crippen molar-refractivity contribution < 1.29 is 14.3 Å². The van der Waals surface area contributed by atoms with Crippen molar-refractivity contribution >= 4 is 17.6 Å². The first-order valence-electron chi connectivity index (χ1n) is 13.4. The second kappa shape index (κ2) is 11.7. The highest BCUT2D eigenvalue weighted by atomic mass is 16.5. The molecule has 3 aromatic rings. The summed E-state index contributed by atoms with van der Waals surface area (Å²) in [5, 5.41) is 8.87. The maximum absolute atomic E-state index is 13.4. The number of hydrogen-bond acceptors (Lipinski definition) is 6. The van der Waals surface area contributed by atoms with Gasteiger partial charge in [0.15, 0.2) is 5.82 Å². The van der Waals surface area contributed by atoms with Crippen molar-refractivity contribution in [3.8, 4) is 11.3 Å². The van der Waals surface area contributed by atoms with Gasteiger partial charge in [-0.25, -0.2) is 0 Å². The first-order chi connectivity index (χ1) is 18.5. The third-order valence-corrected chi connectivity index (χ3v) is 7.39. The van der Waals surface area contributed by atoms with E-state index in [0.717, 1.165) is 35.5 Å². The number of anilines is 1. The molecule has 2 aliphatic rings. The topological polar surface area (TPSA) is 78.9 Å². The van der Waals surface area contributed by atoms with Gasteiger partial charge in [-0.2, -0.15) is 0 Å². The van der Waals surface area contributed by atoms with Crippen LogP contribution in [0.2, 0.25) is 0 Å². The molecule has 0 spiro atoms. The first kappa shape index (κ1) is 25.9. The summed E-state index contributed by atoms with van der Waals surface area (Å²) in [5.41, 5.74) is 4.63. The van der Waals surface area contributed by atoms with Crippen LogP contribution >= 0.6 is 0 Å². The molecule has 0 aliphatic carbocycles. The van der Waals surface area contributed by atoms with E-state index in [-0.39, 0.29) is 24.5 Å². The molecular weight excluding hydrogens is 478 g/mol. The van der Waals surface area contributed by atoms with E-state index in [4.69, 9.17) is 4.74 Å². The predicted octanol–water partition coefficient (Wildman–Crippen LogP) is 3.73. The maximum Gasteiger partial charge on any atom is 0.254 e. The number of hydrogen-bond donors (Lipinski definition) is 0. The van der Waals surface area contributed by atoms with Gasteiger partial charge in [-0.05, 0) is 50.5 Å². The Hall–Kier alpha value is -3.78. The van der Waals surface area contributed by atoms with E-state index in [2.05, 4.69) is 46.3 Å². The van der Waals surface area contributed by atoms with Crippen LogP contribution in [0.5, 0.6) is 0 Å². The van der Waals surface area contributed by atoms with Crippen molar-refractivity contribution in [3.05, 3.63) is 77.4 Å². The van der Waals surface area contributed by atoms with E-state index in [1.54, 1.807) is 4.90 Å². The Labute approximate surface area is 224 Å². The summed E-state index contributed by atoms with van der Waals surface area (Å²) >= 11 is 0. The van der Waals surface area contributed by atoms with E-state index >= 15 is 0 Å². The summed E-state index contributed by atoms with van der Waals surface area (Å²) in [6, 6.07) is 19.8. The average molecular weight is 514 g/mol. The molecule has 1 atom stereocenters. The second-order valence-corrected chi connectivity index (χ2v) is 10.1. The fourth-order valence-corrected chi connectivity index (χ4v) is 5.06. The lowest BCUT2D eigenvalue weighted by atomic mass is 10.1. The number of carbonyl (C=O) groups excluding carboxylic acids is 2. The minimum Gasteiger partial charge on any atom is -0.376 e. The predicted molar refractivity (Wildman–Crippen MR) is 147 cm³/mol. The largest absolute Gasteiger partial charge is 0.376 e. The summed E-state index contributed by atoms with van der Waals surface area (Å²) in [4.78, 5) is 32.4. The number of aryl methyl sites for hydroxylation is 2. The summed E-state index contributed by atoms with van der Waals surface area (Å²) in [6.45, 7) is 7.67. The van der Waals surface area contributed by atoms with Gasteiger partial charge in [-0.1, -0.05) is 48.0 Å². The number of ether oxygens (including phenoxy) is 1. The lowest BCUT2D eigenvalue weighted by Crippen LogP contribution is -2.52. The van der Waals surface area contributed by atoms with Gasteiger partial charge in [-0.3, -0.25) is 9.59 Å². The molecule has 2 aromatic carbocycles. The third kappa shape index (κ3) is 6.02. The van der Waals surface area contributed by atoms with Crippen LogP contribution in [0.25, 0.3) is 11.3 Å². The van der Waals surface area contributed by atoms with E-state index < -0.39 is 0 Å². The van der Waals surface area contributed by atoms with Gasteiger partial charge in [0, 0.05) is 50.5 Å². The highest BCUT2D eigenvalue weighted by Crippen LogP contribution is 2.21. The summed E-state index contributed by atoms with van der Waals surface area (Å²) < 4.78 is 5.79. The Kier molecular flexibility index (Phi) is 7.98. The molecule has 8 heteroatoms. The minimum absolute atomic E-state index is 0.0194. The maximum atomic E-state index is 13.4. The van der Waals surface area contributed by atoms with Crippen molar-refractivity contribution in [1.82, 2.24) is 20.0 Å². The van der Waals surface area contributed by atoms with Gasteiger partial charge < -0.3 is 19.4 Å².